The van der Waals surface area contributed by atoms with Crippen LogP contribution < -0.4 is 10.1 Å². The second-order valence-electron chi connectivity index (χ2n) is 6.08. The molecular weight excluding hydrogens is 320 g/mol. The Kier molecular flexibility index (Phi) is 5.02. The molecule has 2 heterocycles. The molecule has 0 unspecified atom stereocenters. The van der Waals surface area contributed by atoms with Crippen molar-refractivity contribution in [2.75, 3.05) is 20.2 Å². The van der Waals surface area contributed by atoms with E-state index in [1.165, 1.54) is 6.92 Å². The number of aromatic nitrogens is 2. The van der Waals surface area contributed by atoms with Gasteiger partial charge in [-0.25, -0.2) is 0 Å². The van der Waals surface area contributed by atoms with E-state index in [1.807, 2.05) is 29.2 Å². The molecule has 0 saturated carbocycles. The first kappa shape index (κ1) is 17.0. The minimum absolute atomic E-state index is 0.0223. The number of nitrogens with zero attached hydrogens (tertiary/aromatic N) is 2. The van der Waals surface area contributed by atoms with Crippen LogP contribution in [0.15, 0.2) is 30.5 Å². The number of amides is 2. The van der Waals surface area contributed by atoms with E-state index in [9.17, 15) is 9.59 Å². The van der Waals surface area contributed by atoms with Crippen molar-refractivity contribution in [1.29, 1.82) is 0 Å². The summed E-state index contributed by atoms with van der Waals surface area (Å²) < 4.78 is 5.30. The number of aromatic amines is 1. The van der Waals surface area contributed by atoms with Gasteiger partial charge in [-0.2, -0.15) is 5.10 Å². The Balaban J connectivity index is 1.85. The second kappa shape index (κ2) is 7.38. The van der Waals surface area contributed by atoms with Gasteiger partial charge in [0, 0.05) is 19.0 Å². The van der Waals surface area contributed by atoms with Crippen molar-refractivity contribution in [3.05, 3.63) is 36.2 Å². The number of methoxy groups -OCH3 is 1. The zero-order chi connectivity index (χ0) is 17.8. The molecule has 25 heavy (non-hydrogen) atoms. The topological polar surface area (TPSA) is 87.3 Å². The zero-order valence-corrected chi connectivity index (χ0v) is 14.4. The van der Waals surface area contributed by atoms with Crippen molar-refractivity contribution in [1.82, 2.24) is 20.4 Å². The average Bonchev–Trinajstić information content (AvgIpc) is 3.28. The minimum atomic E-state index is -0.206. The number of rotatable bonds is 5. The minimum Gasteiger partial charge on any atom is -0.497 e. The molecule has 7 nitrogen and oxygen atoms in total. The summed E-state index contributed by atoms with van der Waals surface area (Å²) in [6, 6.07) is 7.70. The molecule has 1 aliphatic rings. The van der Waals surface area contributed by atoms with Crippen molar-refractivity contribution in [2.24, 2.45) is 0 Å². The predicted molar refractivity (Wildman–Crippen MR) is 92.9 cm³/mol. The van der Waals surface area contributed by atoms with Gasteiger partial charge in [-0.05, 0) is 30.5 Å². The summed E-state index contributed by atoms with van der Waals surface area (Å²) in [4.78, 5) is 25.3. The third kappa shape index (κ3) is 3.65. The zero-order valence-electron chi connectivity index (χ0n) is 14.4. The van der Waals surface area contributed by atoms with Crippen LogP contribution in [0.2, 0.25) is 0 Å². The maximum atomic E-state index is 12.5. The molecule has 0 aliphatic carbocycles. The smallest absolute Gasteiger partial charge is 0.242 e. The highest BCUT2D eigenvalue weighted by Crippen LogP contribution is 2.37. The molecule has 132 valence electrons. The highest BCUT2D eigenvalue weighted by atomic mass is 16.5. The van der Waals surface area contributed by atoms with Crippen molar-refractivity contribution in [3.8, 4) is 16.9 Å². The molecule has 1 aromatic carbocycles. The summed E-state index contributed by atoms with van der Waals surface area (Å²) >= 11 is 0. The molecule has 1 saturated heterocycles. The number of ether oxygens (including phenoxy) is 1. The number of hydrogen-bond donors (Lipinski definition) is 2. The lowest BCUT2D eigenvalue weighted by atomic mass is 10.0. The van der Waals surface area contributed by atoms with Crippen LogP contribution in [0.1, 0.15) is 31.5 Å². The quantitative estimate of drug-likeness (QED) is 0.868. The van der Waals surface area contributed by atoms with Gasteiger partial charge in [0.2, 0.25) is 11.8 Å². The Bertz CT molecular complexity index is 771. The number of hydrogen-bond acceptors (Lipinski definition) is 4. The van der Waals surface area contributed by atoms with Gasteiger partial charge in [0.1, 0.15) is 5.75 Å². The summed E-state index contributed by atoms with van der Waals surface area (Å²) in [6.07, 6.45) is 3.57. The summed E-state index contributed by atoms with van der Waals surface area (Å²) in [6.45, 7) is 2.11. The monoisotopic (exact) mass is 342 g/mol. The summed E-state index contributed by atoms with van der Waals surface area (Å²) in [5.74, 6) is 0.487. The Morgan fingerprint density at radius 2 is 2.28 bits per heavy atom. The highest BCUT2D eigenvalue weighted by molar-refractivity contribution is 5.84. The number of carbonyl (C=O) groups is 2. The van der Waals surface area contributed by atoms with Gasteiger partial charge in [0.15, 0.2) is 0 Å². The van der Waals surface area contributed by atoms with E-state index in [0.717, 1.165) is 35.4 Å². The van der Waals surface area contributed by atoms with Crippen LogP contribution in [-0.4, -0.2) is 47.1 Å². The average molecular weight is 342 g/mol. The molecule has 2 aromatic rings. The molecule has 2 amide bonds. The molecule has 1 aromatic heterocycles. The van der Waals surface area contributed by atoms with E-state index in [0.29, 0.717) is 6.54 Å². The molecule has 1 aliphatic heterocycles. The standard InChI is InChI=1S/C18H22N4O3/c1-12(23)19-11-17(24)22-8-4-7-16(22)18-15(10-20-21-18)13-5-3-6-14(9-13)25-2/h3,5-6,9-10,16H,4,7-8,11H2,1-2H3,(H,19,23)(H,20,21)/t16-/m0/s1. The molecule has 0 bridgehead atoms. The molecule has 7 heteroatoms. The van der Waals surface area contributed by atoms with Gasteiger partial charge >= 0.3 is 0 Å². The molecule has 1 fully saturated rings. The third-order valence-electron chi connectivity index (χ3n) is 4.44. The van der Waals surface area contributed by atoms with Crippen LogP contribution in [0.3, 0.4) is 0 Å². The number of nitrogens with one attached hydrogen (secondary N) is 2. The fraction of sp³-hybridized carbons (Fsp3) is 0.389. The van der Waals surface area contributed by atoms with E-state index >= 15 is 0 Å². The van der Waals surface area contributed by atoms with Crippen molar-refractivity contribution >= 4 is 11.8 Å². The van der Waals surface area contributed by atoms with Gasteiger partial charge < -0.3 is 15.0 Å². The highest BCUT2D eigenvalue weighted by Gasteiger charge is 2.32. The van der Waals surface area contributed by atoms with Crippen LogP contribution in [0.4, 0.5) is 0 Å². The number of carbonyl (C=O) groups excluding carboxylic acids is 2. The summed E-state index contributed by atoms with van der Waals surface area (Å²) in [5.41, 5.74) is 2.87. The Morgan fingerprint density at radius 1 is 1.44 bits per heavy atom. The first-order valence-corrected chi connectivity index (χ1v) is 8.31. The maximum Gasteiger partial charge on any atom is 0.242 e. The van der Waals surface area contributed by atoms with Gasteiger partial charge in [0.25, 0.3) is 0 Å². The Morgan fingerprint density at radius 3 is 3.04 bits per heavy atom. The first-order chi connectivity index (χ1) is 12.1. The SMILES string of the molecule is COc1cccc(-c2cn[nH]c2[C@@H]2CCCN2C(=O)CNC(C)=O)c1. The van der Waals surface area contributed by atoms with Crippen LogP contribution in [-0.2, 0) is 9.59 Å². The Hall–Kier alpha value is -2.83. The van der Waals surface area contributed by atoms with E-state index in [2.05, 4.69) is 15.5 Å². The normalized spacial score (nSPS) is 16.7. The van der Waals surface area contributed by atoms with Gasteiger partial charge in [-0.3, -0.25) is 14.7 Å². The number of benzene rings is 1. The molecule has 2 N–H and O–H groups in total. The molecule has 0 spiro atoms. The summed E-state index contributed by atoms with van der Waals surface area (Å²) in [5, 5.41) is 9.83. The lowest BCUT2D eigenvalue weighted by Crippen LogP contribution is -2.39. The fourth-order valence-corrected chi connectivity index (χ4v) is 3.24. The predicted octanol–water partition coefficient (Wildman–Crippen LogP) is 1.88. The second-order valence-corrected chi connectivity index (χ2v) is 6.08. The van der Waals surface area contributed by atoms with E-state index in [1.54, 1.807) is 13.3 Å². The van der Waals surface area contributed by atoms with Crippen molar-refractivity contribution < 1.29 is 14.3 Å². The van der Waals surface area contributed by atoms with Crippen molar-refractivity contribution in [3.63, 3.8) is 0 Å². The van der Waals surface area contributed by atoms with Gasteiger partial charge in [-0.1, -0.05) is 12.1 Å². The molecular formula is C18H22N4O3. The van der Waals surface area contributed by atoms with E-state index in [-0.39, 0.29) is 24.4 Å². The van der Waals surface area contributed by atoms with Crippen LogP contribution in [0, 0.1) is 0 Å². The maximum absolute atomic E-state index is 12.5. The van der Waals surface area contributed by atoms with E-state index in [4.69, 9.17) is 4.74 Å². The lowest BCUT2D eigenvalue weighted by Gasteiger charge is -2.25. The lowest BCUT2D eigenvalue weighted by molar-refractivity contribution is -0.133. The summed E-state index contributed by atoms with van der Waals surface area (Å²) in [7, 11) is 1.63. The van der Waals surface area contributed by atoms with Crippen molar-refractivity contribution in [2.45, 2.75) is 25.8 Å². The fourth-order valence-electron chi connectivity index (χ4n) is 3.24. The van der Waals surface area contributed by atoms with Gasteiger partial charge in [0.05, 0.1) is 31.6 Å². The first-order valence-electron chi connectivity index (χ1n) is 8.31. The molecule has 1 atom stereocenters. The van der Waals surface area contributed by atoms with Crippen LogP contribution >= 0.6 is 0 Å². The largest absolute Gasteiger partial charge is 0.497 e. The molecule has 3 rings (SSSR count). The van der Waals surface area contributed by atoms with Crippen LogP contribution in [0.25, 0.3) is 11.1 Å². The Labute approximate surface area is 146 Å². The van der Waals surface area contributed by atoms with Gasteiger partial charge in [-0.15, -0.1) is 0 Å². The molecule has 0 radical (unpaired) electrons. The third-order valence-corrected chi connectivity index (χ3v) is 4.44. The van der Waals surface area contributed by atoms with Crippen LogP contribution in [0.5, 0.6) is 5.75 Å². The van der Waals surface area contributed by atoms with E-state index < -0.39 is 0 Å². The number of likely N-dealkylation sites (tertiary alicyclic amines) is 1. The number of H-pyrrole nitrogens is 1.